The first-order valence-corrected chi connectivity index (χ1v) is 8.26. The van der Waals surface area contributed by atoms with Gasteiger partial charge in [0.25, 0.3) is 0 Å². The zero-order valence-corrected chi connectivity index (χ0v) is 12.7. The van der Waals surface area contributed by atoms with E-state index < -0.39 is 0 Å². The average molecular weight is 294 g/mol. The summed E-state index contributed by atoms with van der Waals surface area (Å²) in [5.41, 5.74) is 1.20. The van der Waals surface area contributed by atoms with Crippen LogP contribution in [0, 0.1) is 0 Å². The number of likely N-dealkylation sites (N-methyl/N-ethyl adjacent to an activating group) is 1. The standard InChI is InChI=1S/C15H22N2O2S/c1-16(8-11-4-5-20-10-11)15(19)9-17-12-2-3-13(17)7-14(18)6-12/h4-5,10,12-14,18H,2-3,6-9H2,1H3. The second-order valence-electron chi connectivity index (χ2n) is 6.06. The highest BCUT2D eigenvalue weighted by atomic mass is 32.1. The number of piperidine rings is 1. The molecule has 2 fully saturated rings. The molecule has 2 saturated heterocycles. The number of nitrogens with zero attached hydrogens (tertiary/aromatic N) is 2. The smallest absolute Gasteiger partial charge is 0.236 e. The van der Waals surface area contributed by atoms with Gasteiger partial charge in [0, 0.05) is 25.7 Å². The van der Waals surface area contributed by atoms with Crippen molar-refractivity contribution in [3.8, 4) is 0 Å². The molecule has 0 aromatic carbocycles. The molecule has 4 nitrogen and oxygen atoms in total. The maximum absolute atomic E-state index is 12.4. The molecule has 3 heterocycles. The third-order valence-corrected chi connectivity index (χ3v) is 5.33. The van der Waals surface area contributed by atoms with Crippen LogP contribution in [0.4, 0.5) is 0 Å². The summed E-state index contributed by atoms with van der Waals surface area (Å²) in [7, 11) is 1.88. The predicted molar refractivity (Wildman–Crippen MR) is 79.5 cm³/mol. The molecule has 1 aromatic heterocycles. The van der Waals surface area contributed by atoms with Crippen molar-refractivity contribution in [1.82, 2.24) is 9.80 Å². The SMILES string of the molecule is CN(Cc1ccsc1)C(=O)CN1C2CCC1CC(O)C2. The van der Waals surface area contributed by atoms with Crippen LogP contribution in [0.5, 0.6) is 0 Å². The van der Waals surface area contributed by atoms with Crippen LogP contribution in [-0.2, 0) is 11.3 Å². The highest BCUT2D eigenvalue weighted by Crippen LogP contribution is 2.35. The van der Waals surface area contributed by atoms with Crippen LogP contribution < -0.4 is 0 Å². The Kier molecular flexibility index (Phi) is 4.10. The fourth-order valence-electron chi connectivity index (χ4n) is 3.53. The number of hydrogen-bond acceptors (Lipinski definition) is 4. The molecule has 5 heteroatoms. The van der Waals surface area contributed by atoms with E-state index in [4.69, 9.17) is 0 Å². The summed E-state index contributed by atoms with van der Waals surface area (Å²) in [6.45, 7) is 1.19. The quantitative estimate of drug-likeness (QED) is 0.919. The molecule has 2 aliphatic heterocycles. The summed E-state index contributed by atoms with van der Waals surface area (Å²) in [6, 6.07) is 2.87. The fourth-order valence-corrected chi connectivity index (χ4v) is 4.18. The second-order valence-corrected chi connectivity index (χ2v) is 6.84. The second kappa shape index (κ2) is 5.84. The Morgan fingerprint density at radius 3 is 2.75 bits per heavy atom. The minimum Gasteiger partial charge on any atom is -0.393 e. The van der Waals surface area contributed by atoms with E-state index >= 15 is 0 Å². The van der Waals surface area contributed by atoms with Crippen molar-refractivity contribution in [1.29, 1.82) is 0 Å². The van der Waals surface area contributed by atoms with Gasteiger partial charge in [-0.05, 0) is 48.1 Å². The van der Waals surface area contributed by atoms with E-state index in [0.717, 1.165) is 25.7 Å². The lowest BCUT2D eigenvalue weighted by atomic mass is 10.00. The average Bonchev–Trinajstić information content (AvgIpc) is 2.98. The molecule has 1 amide bonds. The first kappa shape index (κ1) is 14.0. The number of aliphatic hydroxyl groups is 1. The third kappa shape index (κ3) is 2.90. The van der Waals surface area contributed by atoms with E-state index in [0.29, 0.717) is 25.2 Å². The van der Waals surface area contributed by atoms with Crippen molar-refractivity contribution in [2.75, 3.05) is 13.6 Å². The lowest BCUT2D eigenvalue weighted by molar-refractivity contribution is -0.133. The van der Waals surface area contributed by atoms with E-state index in [1.54, 1.807) is 11.3 Å². The Hall–Kier alpha value is -0.910. The Labute approximate surface area is 124 Å². The van der Waals surface area contributed by atoms with Gasteiger partial charge in [0.15, 0.2) is 0 Å². The number of carbonyl (C=O) groups excluding carboxylic acids is 1. The largest absolute Gasteiger partial charge is 0.393 e. The van der Waals surface area contributed by atoms with E-state index in [2.05, 4.69) is 16.3 Å². The molecule has 1 aromatic rings. The summed E-state index contributed by atoms with van der Waals surface area (Å²) in [5.74, 6) is 0.185. The van der Waals surface area contributed by atoms with Crippen LogP contribution in [0.3, 0.4) is 0 Å². The summed E-state index contributed by atoms with van der Waals surface area (Å²) >= 11 is 1.66. The number of hydrogen-bond donors (Lipinski definition) is 1. The molecular weight excluding hydrogens is 272 g/mol. The van der Waals surface area contributed by atoms with Gasteiger partial charge in [-0.2, -0.15) is 11.3 Å². The highest BCUT2D eigenvalue weighted by molar-refractivity contribution is 7.07. The first-order chi connectivity index (χ1) is 9.63. The number of aliphatic hydroxyl groups excluding tert-OH is 1. The number of thiophene rings is 1. The first-order valence-electron chi connectivity index (χ1n) is 7.32. The van der Waals surface area contributed by atoms with Gasteiger partial charge in [0.2, 0.25) is 5.91 Å². The Bertz CT molecular complexity index is 448. The molecule has 0 saturated carbocycles. The van der Waals surface area contributed by atoms with Gasteiger partial charge in [-0.25, -0.2) is 0 Å². The maximum Gasteiger partial charge on any atom is 0.236 e. The Morgan fingerprint density at radius 2 is 2.15 bits per heavy atom. The molecule has 20 heavy (non-hydrogen) atoms. The van der Waals surface area contributed by atoms with E-state index in [1.165, 1.54) is 5.56 Å². The Balaban J connectivity index is 1.56. The predicted octanol–water partition coefficient (Wildman–Crippen LogP) is 1.69. The molecule has 1 N–H and O–H groups in total. The third-order valence-electron chi connectivity index (χ3n) is 4.60. The van der Waals surface area contributed by atoms with Gasteiger partial charge in [-0.3, -0.25) is 9.69 Å². The van der Waals surface area contributed by atoms with Gasteiger partial charge >= 0.3 is 0 Å². The van der Waals surface area contributed by atoms with Crippen molar-refractivity contribution in [2.45, 2.75) is 50.4 Å². The molecule has 2 atom stereocenters. The molecule has 0 spiro atoms. The maximum atomic E-state index is 12.4. The van der Waals surface area contributed by atoms with Crippen LogP contribution in [0.2, 0.25) is 0 Å². The van der Waals surface area contributed by atoms with E-state index in [9.17, 15) is 9.90 Å². The fraction of sp³-hybridized carbons (Fsp3) is 0.667. The van der Waals surface area contributed by atoms with Crippen LogP contribution >= 0.6 is 11.3 Å². The van der Waals surface area contributed by atoms with Crippen LogP contribution in [-0.4, -0.2) is 52.6 Å². The van der Waals surface area contributed by atoms with Gasteiger partial charge in [-0.15, -0.1) is 0 Å². The molecule has 0 radical (unpaired) electrons. The number of rotatable bonds is 4. The Morgan fingerprint density at radius 1 is 1.45 bits per heavy atom. The molecule has 2 aliphatic rings. The number of carbonyl (C=O) groups is 1. The lowest BCUT2D eigenvalue weighted by Gasteiger charge is -2.37. The zero-order valence-electron chi connectivity index (χ0n) is 11.9. The van der Waals surface area contributed by atoms with Gasteiger partial charge in [-0.1, -0.05) is 0 Å². The van der Waals surface area contributed by atoms with Gasteiger partial charge < -0.3 is 10.0 Å². The molecule has 2 bridgehead atoms. The minimum atomic E-state index is -0.164. The van der Waals surface area contributed by atoms with Crippen molar-refractivity contribution in [3.05, 3.63) is 22.4 Å². The molecule has 2 unspecified atom stereocenters. The normalized spacial score (nSPS) is 29.6. The number of amides is 1. The van der Waals surface area contributed by atoms with Gasteiger partial charge in [0.1, 0.15) is 0 Å². The van der Waals surface area contributed by atoms with Crippen LogP contribution in [0.1, 0.15) is 31.2 Å². The van der Waals surface area contributed by atoms with Crippen LogP contribution in [0.15, 0.2) is 16.8 Å². The molecule has 3 rings (SSSR count). The lowest BCUT2D eigenvalue weighted by Crippen LogP contribution is -2.49. The summed E-state index contributed by atoms with van der Waals surface area (Å²) in [6.07, 6.45) is 3.75. The van der Waals surface area contributed by atoms with Gasteiger partial charge in [0.05, 0.1) is 12.6 Å². The van der Waals surface area contributed by atoms with Crippen molar-refractivity contribution >= 4 is 17.2 Å². The highest BCUT2D eigenvalue weighted by Gasteiger charge is 2.41. The summed E-state index contributed by atoms with van der Waals surface area (Å²) in [5, 5.41) is 13.9. The van der Waals surface area contributed by atoms with E-state index in [-0.39, 0.29) is 12.0 Å². The van der Waals surface area contributed by atoms with Crippen molar-refractivity contribution in [3.63, 3.8) is 0 Å². The summed E-state index contributed by atoms with van der Waals surface area (Å²) < 4.78 is 0. The molecular formula is C15H22N2O2S. The van der Waals surface area contributed by atoms with Crippen molar-refractivity contribution in [2.24, 2.45) is 0 Å². The zero-order chi connectivity index (χ0) is 14.1. The molecule has 110 valence electrons. The number of fused-ring (bicyclic) bond motifs is 2. The van der Waals surface area contributed by atoms with Crippen molar-refractivity contribution < 1.29 is 9.90 Å². The summed E-state index contributed by atoms with van der Waals surface area (Å²) in [4.78, 5) is 16.5. The minimum absolute atomic E-state index is 0.164. The monoisotopic (exact) mass is 294 g/mol. The molecule has 0 aliphatic carbocycles. The van der Waals surface area contributed by atoms with Crippen LogP contribution in [0.25, 0.3) is 0 Å². The van der Waals surface area contributed by atoms with E-state index in [1.807, 2.05) is 17.3 Å². The topological polar surface area (TPSA) is 43.8 Å².